The largest absolute Gasteiger partial charge is 0.453 e. The molecule has 10 heavy (non-hydrogen) atoms. The summed E-state index contributed by atoms with van der Waals surface area (Å²) in [6.45, 7) is 1.05. The molecule has 1 amide bonds. The predicted octanol–water partition coefficient (Wildman–Crippen LogP) is -0.507. The van der Waals surface area contributed by atoms with Crippen molar-refractivity contribution in [2.45, 2.75) is 0 Å². The van der Waals surface area contributed by atoms with Gasteiger partial charge in [0, 0.05) is 13.1 Å². The third-order valence-electron chi connectivity index (χ3n) is 0.826. The van der Waals surface area contributed by atoms with E-state index < -0.39 is 6.09 Å². The zero-order chi connectivity index (χ0) is 7.82. The van der Waals surface area contributed by atoms with Gasteiger partial charge < -0.3 is 14.9 Å². The zero-order valence-electron chi connectivity index (χ0n) is 6.14. The lowest BCUT2D eigenvalue weighted by Gasteiger charge is -2.02. The molecule has 0 radical (unpaired) electrons. The Bertz CT molecular complexity index is 96.9. The second kappa shape index (κ2) is 6.31. The summed E-state index contributed by atoms with van der Waals surface area (Å²) in [5.41, 5.74) is 2.56. The van der Waals surface area contributed by atoms with Crippen LogP contribution in [0.25, 0.3) is 0 Å². The van der Waals surface area contributed by atoms with Crippen LogP contribution >= 0.6 is 0 Å². The van der Waals surface area contributed by atoms with Crippen molar-refractivity contribution >= 4 is 6.09 Å². The minimum Gasteiger partial charge on any atom is -0.453 e. The van der Waals surface area contributed by atoms with Gasteiger partial charge in [0.1, 0.15) is 0 Å². The summed E-state index contributed by atoms with van der Waals surface area (Å²) in [4.78, 5) is 14.9. The van der Waals surface area contributed by atoms with E-state index in [1.807, 2.05) is 0 Å². The Kier molecular flexibility index (Phi) is 5.80. The molecule has 0 saturated heterocycles. The maximum Gasteiger partial charge on any atom is 0.406 e. The van der Waals surface area contributed by atoms with E-state index in [4.69, 9.17) is 0 Å². The summed E-state index contributed by atoms with van der Waals surface area (Å²) in [5.74, 6) is 0. The number of nitrogens with one attached hydrogen (secondary N) is 2. The molecule has 0 spiro atoms. The maximum absolute atomic E-state index is 10.4. The minimum atomic E-state index is -0.432. The molecule has 0 aliphatic rings. The predicted molar refractivity (Wildman–Crippen MR) is 35.4 cm³/mol. The standard InChI is InChI=1S/C5H12N2O3/c1-9-5(8)6-3-4-7-10-2/h7H,3-4H2,1-2H3,(H,6,8). The molecule has 0 aliphatic heterocycles. The van der Waals surface area contributed by atoms with Crippen LogP contribution in [0.4, 0.5) is 4.79 Å². The van der Waals surface area contributed by atoms with Gasteiger partial charge in [-0.25, -0.2) is 10.3 Å². The quantitative estimate of drug-likeness (QED) is 0.416. The fourth-order valence-electron chi connectivity index (χ4n) is 0.390. The number of carbonyl (C=O) groups excluding carboxylic acids is 1. The molecule has 5 nitrogen and oxygen atoms in total. The molecule has 0 bridgehead atoms. The first kappa shape index (κ1) is 9.19. The molecule has 0 aromatic rings. The summed E-state index contributed by atoms with van der Waals surface area (Å²) >= 11 is 0. The highest BCUT2D eigenvalue weighted by molar-refractivity contribution is 5.66. The van der Waals surface area contributed by atoms with Gasteiger partial charge in [0.15, 0.2) is 0 Å². The number of amides is 1. The second-order valence-corrected chi connectivity index (χ2v) is 1.52. The second-order valence-electron chi connectivity index (χ2n) is 1.52. The van der Waals surface area contributed by atoms with E-state index in [-0.39, 0.29) is 0 Å². The van der Waals surface area contributed by atoms with Gasteiger partial charge in [-0.2, -0.15) is 0 Å². The molecule has 0 heterocycles. The normalized spacial score (nSPS) is 9.00. The molecule has 2 N–H and O–H groups in total. The van der Waals surface area contributed by atoms with Crippen LogP contribution in [0.1, 0.15) is 0 Å². The van der Waals surface area contributed by atoms with Crippen molar-refractivity contribution in [3.05, 3.63) is 0 Å². The Morgan fingerprint density at radius 3 is 2.60 bits per heavy atom. The lowest BCUT2D eigenvalue weighted by Crippen LogP contribution is -2.31. The number of rotatable bonds is 4. The Hall–Kier alpha value is -0.810. The number of hydroxylamine groups is 1. The van der Waals surface area contributed by atoms with Crippen LogP contribution in [0, 0.1) is 0 Å². The summed E-state index contributed by atoms with van der Waals surface area (Å²) in [6.07, 6.45) is -0.432. The first-order chi connectivity index (χ1) is 4.81. The summed E-state index contributed by atoms with van der Waals surface area (Å²) in [5, 5.41) is 2.46. The van der Waals surface area contributed by atoms with Gasteiger partial charge >= 0.3 is 6.09 Å². The lowest BCUT2D eigenvalue weighted by atomic mass is 10.6. The smallest absolute Gasteiger partial charge is 0.406 e. The van der Waals surface area contributed by atoms with E-state index in [0.717, 1.165) is 0 Å². The van der Waals surface area contributed by atoms with Crippen LogP contribution in [0.3, 0.4) is 0 Å². The summed E-state index contributed by atoms with van der Waals surface area (Å²) in [7, 11) is 2.83. The SMILES string of the molecule is CONCCNC(=O)OC. The minimum absolute atomic E-state index is 0.432. The molecule has 0 fully saturated rings. The fourth-order valence-corrected chi connectivity index (χ4v) is 0.390. The lowest BCUT2D eigenvalue weighted by molar-refractivity contribution is 0.0918. The Labute approximate surface area is 59.6 Å². The number of alkyl carbamates (subject to hydrolysis) is 1. The van der Waals surface area contributed by atoms with Gasteiger partial charge in [0.05, 0.1) is 14.2 Å². The van der Waals surface area contributed by atoms with Crippen LogP contribution in [0.5, 0.6) is 0 Å². The van der Waals surface area contributed by atoms with Crippen LogP contribution in [-0.2, 0) is 9.57 Å². The third-order valence-corrected chi connectivity index (χ3v) is 0.826. The topological polar surface area (TPSA) is 59.6 Å². The van der Waals surface area contributed by atoms with Gasteiger partial charge in [-0.05, 0) is 0 Å². The van der Waals surface area contributed by atoms with E-state index in [2.05, 4.69) is 20.4 Å². The fraction of sp³-hybridized carbons (Fsp3) is 0.800. The van der Waals surface area contributed by atoms with E-state index in [1.54, 1.807) is 0 Å². The van der Waals surface area contributed by atoms with E-state index in [9.17, 15) is 4.79 Å². The maximum atomic E-state index is 10.4. The van der Waals surface area contributed by atoms with Crippen molar-refractivity contribution in [3.63, 3.8) is 0 Å². The molecule has 0 unspecified atom stereocenters. The van der Waals surface area contributed by atoms with Crippen molar-refractivity contribution in [1.29, 1.82) is 0 Å². The molecule has 0 aromatic heterocycles. The van der Waals surface area contributed by atoms with Crippen molar-refractivity contribution in [3.8, 4) is 0 Å². The molecule has 0 rings (SSSR count). The Balaban J connectivity index is 2.96. The average Bonchev–Trinajstić information content (AvgIpc) is 1.98. The van der Waals surface area contributed by atoms with Gasteiger partial charge in [-0.1, -0.05) is 0 Å². The van der Waals surface area contributed by atoms with Gasteiger partial charge in [-0.15, -0.1) is 0 Å². The van der Waals surface area contributed by atoms with E-state index in [1.165, 1.54) is 14.2 Å². The number of hydrogen-bond donors (Lipinski definition) is 2. The van der Waals surface area contributed by atoms with Crippen molar-refractivity contribution in [2.75, 3.05) is 27.3 Å². The van der Waals surface area contributed by atoms with Crippen molar-refractivity contribution < 1.29 is 14.4 Å². The van der Waals surface area contributed by atoms with Crippen LogP contribution in [0.15, 0.2) is 0 Å². The van der Waals surface area contributed by atoms with E-state index >= 15 is 0 Å². The van der Waals surface area contributed by atoms with E-state index in [0.29, 0.717) is 13.1 Å². The molecule has 0 aliphatic carbocycles. The number of ether oxygens (including phenoxy) is 1. The molecule has 0 atom stereocenters. The van der Waals surface area contributed by atoms with Crippen LogP contribution in [0.2, 0.25) is 0 Å². The van der Waals surface area contributed by atoms with Gasteiger partial charge in [0.25, 0.3) is 0 Å². The van der Waals surface area contributed by atoms with Crippen molar-refractivity contribution in [1.82, 2.24) is 10.8 Å². The van der Waals surface area contributed by atoms with Crippen molar-refractivity contribution in [2.24, 2.45) is 0 Å². The van der Waals surface area contributed by atoms with Crippen LogP contribution in [-0.4, -0.2) is 33.4 Å². The summed E-state index contributed by atoms with van der Waals surface area (Å²) < 4.78 is 4.31. The summed E-state index contributed by atoms with van der Waals surface area (Å²) in [6, 6.07) is 0. The Morgan fingerprint density at radius 2 is 2.10 bits per heavy atom. The molecular formula is C5H12N2O3. The molecule has 60 valence electrons. The molecule has 5 heteroatoms. The number of methoxy groups -OCH3 is 1. The third kappa shape index (κ3) is 5.33. The molecule has 0 saturated carbocycles. The Morgan fingerprint density at radius 1 is 1.40 bits per heavy atom. The van der Waals surface area contributed by atoms with Gasteiger partial charge in [0.2, 0.25) is 0 Å². The first-order valence-corrected chi connectivity index (χ1v) is 2.89. The monoisotopic (exact) mass is 148 g/mol. The zero-order valence-corrected chi connectivity index (χ0v) is 6.14. The highest BCUT2D eigenvalue weighted by atomic mass is 16.6. The highest BCUT2D eigenvalue weighted by Gasteiger charge is 1.94. The number of hydrogen-bond acceptors (Lipinski definition) is 4. The van der Waals surface area contributed by atoms with Gasteiger partial charge in [-0.3, -0.25) is 0 Å². The average molecular weight is 148 g/mol. The number of carbonyl (C=O) groups is 1. The molecule has 0 aromatic carbocycles. The first-order valence-electron chi connectivity index (χ1n) is 2.89. The molecular weight excluding hydrogens is 136 g/mol. The van der Waals surface area contributed by atoms with Crippen LogP contribution < -0.4 is 10.8 Å². The highest BCUT2D eigenvalue weighted by Crippen LogP contribution is 1.68.